The highest BCUT2D eigenvalue weighted by molar-refractivity contribution is 6.03. The lowest BCUT2D eigenvalue weighted by Crippen LogP contribution is -2.51. The van der Waals surface area contributed by atoms with Gasteiger partial charge in [-0.3, -0.25) is 0 Å². The molecular formula is C26H21F2N5O2. The summed E-state index contributed by atoms with van der Waals surface area (Å²) in [6.07, 6.45) is 6.98. The summed E-state index contributed by atoms with van der Waals surface area (Å²) in [4.78, 5) is 15.8. The van der Waals surface area contributed by atoms with Crippen molar-refractivity contribution in [3.63, 3.8) is 0 Å². The minimum absolute atomic E-state index is 0.0196. The van der Waals surface area contributed by atoms with Crippen molar-refractivity contribution < 1.29 is 18.6 Å². The number of methoxy groups -OCH3 is 1. The van der Waals surface area contributed by atoms with E-state index in [9.17, 15) is 9.50 Å². The van der Waals surface area contributed by atoms with Gasteiger partial charge in [0.15, 0.2) is 5.82 Å². The number of anilines is 1. The third-order valence-electron chi connectivity index (χ3n) is 6.79. The Labute approximate surface area is 199 Å². The number of aryl methyl sites for hydroxylation is 1. The molecule has 2 aromatic carbocycles. The zero-order valence-corrected chi connectivity index (χ0v) is 18.9. The number of phenolic OH excluding ortho intramolecular Hbond substituents is 1. The SMILES string of the molecule is C#Cc1c(F)ccc2cc(O)cc(-c3nc4c5c(nc(OC)nc5c3F)N3CCNCC3CC4)c12. The van der Waals surface area contributed by atoms with Crippen molar-refractivity contribution in [1.82, 2.24) is 20.3 Å². The number of nitrogens with one attached hydrogen (secondary N) is 1. The highest BCUT2D eigenvalue weighted by atomic mass is 19.1. The molecule has 0 amide bonds. The number of piperazine rings is 1. The largest absolute Gasteiger partial charge is 0.508 e. The van der Waals surface area contributed by atoms with Gasteiger partial charge in [-0.2, -0.15) is 9.97 Å². The minimum Gasteiger partial charge on any atom is -0.508 e. The molecule has 176 valence electrons. The van der Waals surface area contributed by atoms with E-state index < -0.39 is 11.6 Å². The Morgan fingerprint density at radius 2 is 2.06 bits per heavy atom. The second-order valence-electron chi connectivity index (χ2n) is 8.73. The Balaban J connectivity index is 1.71. The Morgan fingerprint density at radius 3 is 2.86 bits per heavy atom. The standard InChI is InChI=1S/C26H21F2N5O2/c1-3-16-18(27)6-4-13-10-15(34)11-17(20(13)16)23-22(28)24-21-19(30-23)7-5-14-12-29-8-9-33(14)25(21)32-26(31-24)35-2/h1,4,6,10-11,14,29,34H,5,7-9,12H2,2H3. The Hall–Kier alpha value is -4.03. The summed E-state index contributed by atoms with van der Waals surface area (Å²) in [5, 5.41) is 15.1. The molecule has 0 saturated carbocycles. The molecule has 9 heteroatoms. The van der Waals surface area contributed by atoms with Crippen LogP contribution < -0.4 is 15.0 Å². The van der Waals surface area contributed by atoms with E-state index in [2.05, 4.69) is 26.1 Å². The van der Waals surface area contributed by atoms with Crippen molar-refractivity contribution in [3.05, 3.63) is 47.2 Å². The van der Waals surface area contributed by atoms with Gasteiger partial charge in [0.2, 0.25) is 0 Å². The summed E-state index contributed by atoms with van der Waals surface area (Å²) in [7, 11) is 1.44. The van der Waals surface area contributed by atoms with Gasteiger partial charge in [-0.1, -0.05) is 12.0 Å². The first-order chi connectivity index (χ1) is 17.0. The molecule has 2 N–H and O–H groups in total. The summed E-state index contributed by atoms with van der Waals surface area (Å²) in [6.45, 7) is 2.27. The van der Waals surface area contributed by atoms with Gasteiger partial charge in [-0.15, -0.1) is 6.42 Å². The van der Waals surface area contributed by atoms with Gasteiger partial charge in [-0.25, -0.2) is 13.8 Å². The summed E-state index contributed by atoms with van der Waals surface area (Å²) >= 11 is 0. The quantitative estimate of drug-likeness (QED) is 0.431. The molecule has 2 aliphatic rings. The number of nitrogens with zero attached hydrogens (tertiary/aromatic N) is 4. The number of fused-ring (bicyclic) bond motifs is 3. The van der Waals surface area contributed by atoms with Crippen LogP contribution in [0.3, 0.4) is 0 Å². The lowest BCUT2D eigenvalue weighted by Gasteiger charge is -2.36. The number of halogens is 2. The average Bonchev–Trinajstić information content (AvgIpc) is 3.03. The molecule has 35 heavy (non-hydrogen) atoms. The molecule has 2 aliphatic heterocycles. The zero-order valence-electron chi connectivity index (χ0n) is 18.9. The van der Waals surface area contributed by atoms with Crippen molar-refractivity contribution in [2.45, 2.75) is 18.9 Å². The maximum atomic E-state index is 16.3. The summed E-state index contributed by atoms with van der Waals surface area (Å²) in [5.74, 6) is 1.53. The maximum Gasteiger partial charge on any atom is 0.318 e. The monoisotopic (exact) mass is 473 g/mol. The van der Waals surface area contributed by atoms with Crippen LogP contribution in [0.1, 0.15) is 17.7 Å². The summed E-state index contributed by atoms with van der Waals surface area (Å²) in [6, 6.07) is 5.75. The summed E-state index contributed by atoms with van der Waals surface area (Å²) < 4.78 is 36.2. The number of hydrogen-bond acceptors (Lipinski definition) is 7. The predicted molar refractivity (Wildman–Crippen MR) is 129 cm³/mol. The molecule has 1 saturated heterocycles. The third kappa shape index (κ3) is 3.25. The Morgan fingerprint density at radius 1 is 1.20 bits per heavy atom. The number of rotatable bonds is 2. The molecule has 0 spiro atoms. The molecule has 2 aromatic heterocycles. The maximum absolute atomic E-state index is 16.3. The van der Waals surface area contributed by atoms with Crippen LogP contribution in [0.4, 0.5) is 14.6 Å². The van der Waals surface area contributed by atoms with E-state index >= 15 is 4.39 Å². The fourth-order valence-corrected chi connectivity index (χ4v) is 5.22. The number of aromatic nitrogens is 3. The van der Waals surface area contributed by atoms with Crippen LogP contribution in [0.5, 0.6) is 11.8 Å². The van der Waals surface area contributed by atoms with Crippen molar-refractivity contribution in [2.75, 3.05) is 31.6 Å². The molecule has 1 atom stereocenters. The molecule has 1 unspecified atom stereocenters. The van der Waals surface area contributed by atoms with E-state index in [0.29, 0.717) is 40.6 Å². The van der Waals surface area contributed by atoms with Crippen LogP contribution in [-0.2, 0) is 6.42 Å². The number of terminal acetylenes is 1. The van der Waals surface area contributed by atoms with Gasteiger partial charge >= 0.3 is 6.01 Å². The highest BCUT2D eigenvalue weighted by Gasteiger charge is 2.32. The van der Waals surface area contributed by atoms with Crippen LogP contribution in [0.2, 0.25) is 0 Å². The third-order valence-corrected chi connectivity index (χ3v) is 6.79. The van der Waals surface area contributed by atoms with Crippen LogP contribution in [0.15, 0.2) is 24.3 Å². The normalized spacial score (nSPS) is 17.2. The first-order valence-corrected chi connectivity index (χ1v) is 11.3. The van der Waals surface area contributed by atoms with Crippen molar-refractivity contribution in [2.24, 2.45) is 0 Å². The van der Waals surface area contributed by atoms with Gasteiger partial charge in [-0.05, 0) is 36.4 Å². The molecule has 0 bridgehead atoms. The Bertz CT molecular complexity index is 1570. The fourth-order valence-electron chi connectivity index (χ4n) is 5.22. The zero-order chi connectivity index (χ0) is 24.3. The first kappa shape index (κ1) is 21.5. The molecule has 6 rings (SSSR count). The van der Waals surface area contributed by atoms with E-state index in [1.807, 2.05) is 0 Å². The molecule has 4 heterocycles. The van der Waals surface area contributed by atoms with E-state index in [1.165, 1.54) is 31.4 Å². The van der Waals surface area contributed by atoms with Crippen LogP contribution in [-0.4, -0.2) is 52.8 Å². The van der Waals surface area contributed by atoms with Crippen LogP contribution in [0, 0.1) is 24.0 Å². The van der Waals surface area contributed by atoms with Crippen molar-refractivity contribution >= 4 is 27.5 Å². The highest BCUT2D eigenvalue weighted by Crippen LogP contribution is 2.41. The second-order valence-corrected chi connectivity index (χ2v) is 8.73. The number of phenols is 1. The van der Waals surface area contributed by atoms with Gasteiger partial charge in [0, 0.05) is 36.6 Å². The fraction of sp³-hybridized carbons (Fsp3) is 0.269. The van der Waals surface area contributed by atoms with Crippen LogP contribution >= 0.6 is 0 Å². The van der Waals surface area contributed by atoms with Crippen LogP contribution in [0.25, 0.3) is 32.9 Å². The number of pyridine rings is 1. The molecule has 1 fully saturated rings. The number of aromatic hydroxyl groups is 1. The van der Waals surface area contributed by atoms with Gasteiger partial charge in [0.05, 0.1) is 23.8 Å². The van der Waals surface area contributed by atoms with Crippen molar-refractivity contribution in [3.8, 4) is 35.4 Å². The van der Waals surface area contributed by atoms with Gasteiger partial charge < -0.3 is 20.1 Å². The number of ether oxygens (including phenoxy) is 1. The van der Waals surface area contributed by atoms with Gasteiger partial charge in [0.25, 0.3) is 0 Å². The van der Waals surface area contributed by atoms with Gasteiger partial charge in [0.1, 0.15) is 28.6 Å². The van der Waals surface area contributed by atoms with E-state index in [-0.39, 0.29) is 40.1 Å². The predicted octanol–water partition coefficient (Wildman–Crippen LogP) is 3.54. The minimum atomic E-state index is -0.710. The van der Waals surface area contributed by atoms with Crippen molar-refractivity contribution in [1.29, 1.82) is 0 Å². The lowest BCUT2D eigenvalue weighted by atomic mass is 9.95. The first-order valence-electron chi connectivity index (χ1n) is 11.3. The molecular weight excluding hydrogens is 452 g/mol. The lowest BCUT2D eigenvalue weighted by molar-refractivity contribution is 0.379. The topological polar surface area (TPSA) is 83.4 Å². The number of hydrogen-bond donors (Lipinski definition) is 2. The molecule has 0 radical (unpaired) electrons. The smallest absolute Gasteiger partial charge is 0.318 e. The van der Waals surface area contributed by atoms with E-state index in [1.54, 1.807) is 0 Å². The van der Waals surface area contributed by atoms with E-state index in [4.69, 9.17) is 16.1 Å². The second kappa shape index (κ2) is 8.03. The molecule has 7 nitrogen and oxygen atoms in total. The Kier molecular flexibility index (Phi) is 4.93. The molecule has 0 aliphatic carbocycles. The molecule has 4 aromatic rings. The average molecular weight is 473 g/mol. The summed E-state index contributed by atoms with van der Waals surface area (Å²) in [5.41, 5.74) is 0.833. The number of benzene rings is 2. The van der Waals surface area contributed by atoms with E-state index in [0.717, 1.165) is 19.5 Å².